The molecule has 0 aliphatic rings. The lowest BCUT2D eigenvalue weighted by molar-refractivity contribution is 0.220. The lowest BCUT2D eigenvalue weighted by Gasteiger charge is -2.13. The largest absolute Gasteiger partial charge is 0.486 e. The number of para-hydroxylation sites is 1. The Kier molecular flexibility index (Phi) is 10.1. The van der Waals surface area contributed by atoms with E-state index < -0.39 is 0 Å². The van der Waals surface area contributed by atoms with Crippen LogP contribution in [-0.2, 0) is 0 Å². The van der Waals surface area contributed by atoms with Crippen LogP contribution in [0, 0.1) is 5.82 Å². The van der Waals surface area contributed by atoms with Gasteiger partial charge in [0.25, 0.3) is 0 Å². The molecule has 3 N–H and O–H groups in total. The molecule has 0 aliphatic heterocycles. The van der Waals surface area contributed by atoms with E-state index in [9.17, 15) is 4.39 Å². The molecule has 0 bridgehead atoms. The average molecular weight is 395 g/mol. The fourth-order valence-electron chi connectivity index (χ4n) is 1.47. The van der Waals surface area contributed by atoms with Crippen LogP contribution < -0.4 is 15.8 Å². The van der Waals surface area contributed by atoms with Crippen LogP contribution in [0.5, 0.6) is 5.75 Å². The highest BCUT2D eigenvalue weighted by atomic mass is 127. The number of benzene rings is 1. The Morgan fingerprint density at radius 3 is 2.80 bits per heavy atom. The maximum Gasteiger partial charge on any atom is 0.188 e. The first kappa shape index (κ1) is 18.9. The fourth-order valence-corrected chi connectivity index (χ4v) is 1.47. The summed E-state index contributed by atoms with van der Waals surface area (Å²) in [6.45, 7) is 5.14. The molecule has 0 spiro atoms. The molecule has 0 saturated carbocycles. The summed E-state index contributed by atoms with van der Waals surface area (Å²) in [4.78, 5) is 4.16. The summed E-state index contributed by atoms with van der Waals surface area (Å²) in [6.07, 6.45) is 1.92. The maximum absolute atomic E-state index is 13.4. The van der Waals surface area contributed by atoms with E-state index in [2.05, 4.69) is 17.2 Å². The third-order valence-corrected chi connectivity index (χ3v) is 2.52. The van der Waals surface area contributed by atoms with Gasteiger partial charge in [0.15, 0.2) is 17.5 Å². The number of nitrogens with zero attached hydrogens (tertiary/aromatic N) is 1. The van der Waals surface area contributed by atoms with Gasteiger partial charge in [-0.25, -0.2) is 9.38 Å². The van der Waals surface area contributed by atoms with Gasteiger partial charge in [-0.15, -0.1) is 24.0 Å². The van der Waals surface area contributed by atoms with E-state index in [1.807, 2.05) is 6.92 Å². The van der Waals surface area contributed by atoms with Crippen LogP contribution >= 0.6 is 24.0 Å². The monoisotopic (exact) mass is 395 g/mol. The molecule has 4 nitrogen and oxygen atoms in total. The summed E-state index contributed by atoms with van der Waals surface area (Å²) < 4.78 is 18.8. The minimum atomic E-state index is -0.368. The molecule has 1 unspecified atom stereocenters. The molecular formula is C14H23FIN3O. The molecular weight excluding hydrogens is 372 g/mol. The van der Waals surface area contributed by atoms with Crippen LogP contribution in [0.2, 0.25) is 0 Å². The van der Waals surface area contributed by atoms with Gasteiger partial charge < -0.3 is 15.8 Å². The first-order valence-electron chi connectivity index (χ1n) is 6.58. The van der Waals surface area contributed by atoms with Crippen LogP contribution in [0.1, 0.15) is 26.7 Å². The van der Waals surface area contributed by atoms with E-state index in [0.717, 1.165) is 19.4 Å². The quantitative estimate of drug-likeness (QED) is 0.323. The number of nitrogens with two attached hydrogens (primary N) is 1. The minimum Gasteiger partial charge on any atom is -0.486 e. The maximum atomic E-state index is 13.4. The number of guanidine groups is 1. The highest BCUT2D eigenvalue weighted by Crippen LogP contribution is 2.16. The third kappa shape index (κ3) is 7.52. The Balaban J connectivity index is 0.00000361. The van der Waals surface area contributed by atoms with E-state index in [0.29, 0.717) is 12.5 Å². The first-order valence-corrected chi connectivity index (χ1v) is 6.58. The number of halogens is 2. The van der Waals surface area contributed by atoms with Gasteiger partial charge in [0.05, 0.1) is 6.54 Å². The van der Waals surface area contributed by atoms with Crippen LogP contribution in [0.3, 0.4) is 0 Å². The summed E-state index contributed by atoms with van der Waals surface area (Å²) in [5.74, 6) is 0.271. The number of aliphatic imine (C=N–C) groups is 1. The predicted molar refractivity (Wildman–Crippen MR) is 91.3 cm³/mol. The second-order valence-electron chi connectivity index (χ2n) is 4.37. The van der Waals surface area contributed by atoms with E-state index >= 15 is 0 Å². The summed E-state index contributed by atoms with van der Waals surface area (Å²) >= 11 is 0. The normalized spacial score (nSPS) is 12.4. The van der Waals surface area contributed by atoms with Gasteiger partial charge >= 0.3 is 0 Å². The van der Waals surface area contributed by atoms with Gasteiger partial charge in [-0.3, -0.25) is 0 Å². The van der Waals surface area contributed by atoms with Crippen LogP contribution in [0.4, 0.5) is 4.39 Å². The van der Waals surface area contributed by atoms with Crippen molar-refractivity contribution >= 4 is 29.9 Å². The Labute approximate surface area is 137 Å². The Morgan fingerprint density at radius 1 is 1.45 bits per heavy atom. The number of ether oxygens (including phenoxy) is 1. The van der Waals surface area contributed by atoms with E-state index in [4.69, 9.17) is 10.5 Å². The van der Waals surface area contributed by atoms with Crippen LogP contribution in [-0.4, -0.2) is 25.2 Å². The Bertz CT molecular complexity index is 415. The number of nitrogens with one attached hydrogen (secondary N) is 1. The molecule has 0 saturated heterocycles. The van der Waals surface area contributed by atoms with Crippen molar-refractivity contribution in [1.29, 1.82) is 0 Å². The smallest absolute Gasteiger partial charge is 0.188 e. The number of rotatable bonds is 7. The zero-order valence-corrected chi connectivity index (χ0v) is 14.3. The third-order valence-electron chi connectivity index (χ3n) is 2.52. The molecule has 0 fully saturated rings. The summed E-state index contributed by atoms with van der Waals surface area (Å²) in [5, 5.41) is 3.01. The van der Waals surface area contributed by atoms with Crippen molar-refractivity contribution in [3.63, 3.8) is 0 Å². The van der Waals surface area contributed by atoms with Gasteiger partial charge in [0.2, 0.25) is 0 Å². The molecule has 0 aliphatic carbocycles. The van der Waals surface area contributed by atoms with Crippen molar-refractivity contribution in [3.8, 4) is 5.75 Å². The molecule has 1 atom stereocenters. The molecule has 0 heterocycles. The molecule has 6 heteroatoms. The molecule has 1 aromatic rings. The molecule has 114 valence electrons. The summed E-state index contributed by atoms with van der Waals surface area (Å²) in [7, 11) is 0. The molecule has 0 radical (unpaired) electrons. The fraction of sp³-hybridized carbons (Fsp3) is 0.500. The molecule has 0 amide bonds. The molecule has 20 heavy (non-hydrogen) atoms. The van der Waals surface area contributed by atoms with E-state index in [-0.39, 0.29) is 41.6 Å². The minimum absolute atomic E-state index is 0. The predicted octanol–water partition coefficient (Wildman–Crippen LogP) is 2.92. The van der Waals surface area contributed by atoms with Gasteiger partial charge in [0, 0.05) is 6.54 Å². The summed E-state index contributed by atoms with van der Waals surface area (Å²) in [5.41, 5.74) is 5.70. The summed E-state index contributed by atoms with van der Waals surface area (Å²) in [6, 6.07) is 6.32. The highest BCUT2D eigenvalue weighted by Gasteiger charge is 2.07. The van der Waals surface area contributed by atoms with Gasteiger partial charge in [0.1, 0.15) is 6.10 Å². The van der Waals surface area contributed by atoms with E-state index in [1.54, 1.807) is 18.2 Å². The zero-order valence-electron chi connectivity index (χ0n) is 11.9. The molecule has 1 aromatic carbocycles. The lowest BCUT2D eigenvalue weighted by atomic mass is 10.3. The van der Waals surface area contributed by atoms with Gasteiger partial charge in [-0.1, -0.05) is 25.5 Å². The standard InChI is InChI=1S/C14H22FN3O.HI/c1-3-4-9-17-14(16)18-10-11(2)19-13-8-6-5-7-12(13)15;/h5-8,11H,3-4,9-10H2,1-2H3,(H3,16,17,18);1H. The highest BCUT2D eigenvalue weighted by molar-refractivity contribution is 14.0. The first-order chi connectivity index (χ1) is 9.13. The van der Waals surface area contributed by atoms with Crippen molar-refractivity contribution in [3.05, 3.63) is 30.1 Å². The van der Waals surface area contributed by atoms with Gasteiger partial charge in [-0.2, -0.15) is 0 Å². The Morgan fingerprint density at radius 2 is 2.15 bits per heavy atom. The topological polar surface area (TPSA) is 59.6 Å². The molecule has 1 rings (SSSR count). The van der Waals surface area contributed by atoms with Crippen LogP contribution in [0.15, 0.2) is 29.3 Å². The van der Waals surface area contributed by atoms with Crippen molar-refractivity contribution < 1.29 is 9.13 Å². The zero-order chi connectivity index (χ0) is 14.1. The average Bonchev–Trinajstić information content (AvgIpc) is 2.39. The van der Waals surface area contributed by atoms with Gasteiger partial charge in [-0.05, 0) is 25.5 Å². The van der Waals surface area contributed by atoms with Crippen molar-refractivity contribution in [2.45, 2.75) is 32.8 Å². The number of unbranched alkanes of at least 4 members (excludes halogenated alkanes) is 1. The number of hydrogen-bond acceptors (Lipinski definition) is 2. The van der Waals surface area contributed by atoms with Crippen molar-refractivity contribution in [1.82, 2.24) is 5.32 Å². The SMILES string of the molecule is CCCCNC(N)=NCC(C)Oc1ccccc1F.I. The van der Waals surface area contributed by atoms with E-state index in [1.165, 1.54) is 6.07 Å². The van der Waals surface area contributed by atoms with Crippen LogP contribution in [0.25, 0.3) is 0 Å². The van der Waals surface area contributed by atoms with Crippen molar-refractivity contribution in [2.75, 3.05) is 13.1 Å². The second kappa shape index (κ2) is 10.7. The second-order valence-corrected chi connectivity index (χ2v) is 4.37. The lowest BCUT2D eigenvalue weighted by Crippen LogP contribution is -2.33. The number of hydrogen-bond donors (Lipinski definition) is 2. The Hall–Kier alpha value is -1.05. The van der Waals surface area contributed by atoms with Crippen molar-refractivity contribution in [2.24, 2.45) is 10.7 Å². The molecule has 0 aromatic heterocycles.